The van der Waals surface area contributed by atoms with E-state index in [9.17, 15) is 4.39 Å². The normalized spacial score (nSPS) is 11.4. The standard InChI is InChI=1S/C17H17FN2/c1-20(2)11-14-10-19-17-9-13(6-7-16(14)17)12-4-3-5-15(18)8-12/h3-10,19H,11H2,1-2H3. The maximum atomic E-state index is 13.3. The third-order valence-corrected chi connectivity index (χ3v) is 3.41. The summed E-state index contributed by atoms with van der Waals surface area (Å²) in [6.45, 7) is 0.902. The highest BCUT2D eigenvalue weighted by Crippen LogP contribution is 2.26. The highest BCUT2D eigenvalue weighted by molar-refractivity contribution is 5.87. The second kappa shape index (κ2) is 5.10. The molecule has 0 unspecified atom stereocenters. The quantitative estimate of drug-likeness (QED) is 0.759. The summed E-state index contributed by atoms with van der Waals surface area (Å²) in [5.74, 6) is -0.206. The Labute approximate surface area is 117 Å². The molecule has 0 radical (unpaired) electrons. The zero-order valence-electron chi connectivity index (χ0n) is 11.7. The zero-order chi connectivity index (χ0) is 14.1. The molecule has 0 bridgehead atoms. The Morgan fingerprint density at radius 2 is 1.85 bits per heavy atom. The van der Waals surface area contributed by atoms with Crippen molar-refractivity contribution in [2.24, 2.45) is 0 Å². The Morgan fingerprint density at radius 1 is 1.05 bits per heavy atom. The van der Waals surface area contributed by atoms with Crippen LogP contribution in [-0.2, 0) is 6.54 Å². The smallest absolute Gasteiger partial charge is 0.123 e. The average Bonchev–Trinajstić information content (AvgIpc) is 2.80. The number of fused-ring (bicyclic) bond motifs is 1. The molecule has 0 aliphatic heterocycles. The number of H-pyrrole nitrogens is 1. The van der Waals surface area contributed by atoms with Gasteiger partial charge in [-0.3, -0.25) is 0 Å². The van der Waals surface area contributed by atoms with E-state index in [1.165, 1.54) is 17.0 Å². The van der Waals surface area contributed by atoms with Gasteiger partial charge in [0.15, 0.2) is 0 Å². The summed E-state index contributed by atoms with van der Waals surface area (Å²) in [5, 5.41) is 1.22. The molecule has 2 nitrogen and oxygen atoms in total. The number of hydrogen-bond acceptors (Lipinski definition) is 1. The van der Waals surface area contributed by atoms with Crippen molar-refractivity contribution in [1.82, 2.24) is 9.88 Å². The van der Waals surface area contributed by atoms with E-state index in [-0.39, 0.29) is 5.82 Å². The van der Waals surface area contributed by atoms with Crippen LogP contribution in [0.15, 0.2) is 48.7 Å². The lowest BCUT2D eigenvalue weighted by molar-refractivity contribution is 0.404. The van der Waals surface area contributed by atoms with Gasteiger partial charge in [0.05, 0.1) is 0 Å². The fraction of sp³-hybridized carbons (Fsp3) is 0.176. The van der Waals surface area contributed by atoms with E-state index >= 15 is 0 Å². The lowest BCUT2D eigenvalue weighted by Crippen LogP contribution is -2.09. The number of hydrogen-bond donors (Lipinski definition) is 1. The minimum Gasteiger partial charge on any atom is -0.361 e. The fourth-order valence-electron chi connectivity index (χ4n) is 2.51. The molecule has 0 saturated heterocycles. The second-order valence-corrected chi connectivity index (χ2v) is 5.32. The fourth-order valence-corrected chi connectivity index (χ4v) is 2.51. The summed E-state index contributed by atoms with van der Waals surface area (Å²) in [5.41, 5.74) is 4.28. The van der Waals surface area contributed by atoms with Gasteiger partial charge in [0.25, 0.3) is 0 Å². The Hall–Kier alpha value is -2.13. The lowest BCUT2D eigenvalue weighted by atomic mass is 10.0. The number of aromatic amines is 1. The van der Waals surface area contributed by atoms with E-state index < -0.39 is 0 Å². The van der Waals surface area contributed by atoms with Gasteiger partial charge >= 0.3 is 0 Å². The van der Waals surface area contributed by atoms with Gasteiger partial charge in [-0.2, -0.15) is 0 Å². The van der Waals surface area contributed by atoms with Crippen molar-refractivity contribution < 1.29 is 4.39 Å². The van der Waals surface area contributed by atoms with E-state index in [4.69, 9.17) is 0 Å². The topological polar surface area (TPSA) is 19.0 Å². The minimum absolute atomic E-state index is 0.206. The molecule has 0 atom stereocenters. The highest BCUT2D eigenvalue weighted by Gasteiger charge is 2.06. The molecule has 0 aliphatic rings. The first kappa shape index (κ1) is 12.9. The highest BCUT2D eigenvalue weighted by atomic mass is 19.1. The third kappa shape index (κ3) is 2.45. The predicted octanol–water partition coefficient (Wildman–Crippen LogP) is 4.04. The van der Waals surface area contributed by atoms with Gasteiger partial charge < -0.3 is 9.88 Å². The van der Waals surface area contributed by atoms with Crippen LogP contribution in [0.3, 0.4) is 0 Å². The summed E-state index contributed by atoms with van der Waals surface area (Å²) in [6.07, 6.45) is 2.04. The Bertz CT molecular complexity index is 744. The van der Waals surface area contributed by atoms with Crippen LogP contribution in [0.5, 0.6) is 0 Å². The molecular formula is C17H17FN2. The van der Waals surface area contributed by atoms with Crippen LogP contribution in [0.4, 0.5) is 4.39 Å². The molecule has 20 heavy (non-hydrogen) atoms. The molecule has 0 spiro atoms. The van der Waals surface area contributed by atoms with E-state index in [1.54, 1.807) is 12.1 Å². The van der Waals surface area contributed by atoms with E-state index in [0.29, 0.717) is 0 Å². The van der Waals surface area contributed by atoms with Crippen LogP contribution in [0.25, 0.3) is 22.0 Å². The van der Waals surface area contributed by atoms with Crippen LogP contribution in [0, 0.1) is 5.82 Å². The van der Waals surface area contributed by atoms with Crippen molar-refractivity contribution in [2.45, 2.75) is 6.54 Å². The summed E-state index contributed by atoms with van der Waals surface area (Å²) >= 11 is 0. The Kier molecular flexibility index (Phi) is 3.28. The molecular weight excluding hydrogens is 251 g/mol. The molecule has 3 rings (SSSR count). The number of nitrogens with one attached hydrogen (secondary N) is 1. The van der Waals surface area contributed by atoms with Crippen molar-refractivity contribution in [3.05, 3.63) is 60.0 Å². The van der Waals surface area contributed by atoms with Crippen LogP contribution < -0.4 is 0 Å². The maximum Gasteiger partial charge on any atom is 0.123 e. The number of rotatable bonds is 3. The molecule has 1 heterocycles. The van der Waals surface area contributed by atoms with Gasteiger partial charge in [0, 0.05) is 23.6 Å². The SMILES string of the molecule is CN(C)Cc1c[nH]c2cc(-c3cccc(F)c3)ccc12. The monoisotopic (exact) mass is 268 g/mol. The first-order chi connectivity index (χ1) is 9.63. The molecule has 1 N–H and O–H groups in total. The summed E-state index contributed by atoms with van der Waals surface area (Å²) in [7, 11) is 4.11. The first-order valence-electron chi connectivity index (χ1n) is 6.64. The molecule has 0 saturated carbocycles. The minimum atomic E-state index is -0.206. The van der Waals surface area contributed by atoms with E-state index in [2.05, 4.69) is 36.1 Å². The Morgan fingerprint density at radius 3 is 2.60 bits per heavy atom. The van der Waals surface area contributed by atoms with Crippen molar-refractivity contribution in [2.75, 3.05) is 14.1 Å². The van der Waals surface area contributed by atoms with Crippen LogP contribution in [0.2, 0.25) is 0 Å². The van der Waals surface area contributed by atoms with Gasteiger partial charge in [0.1, 0.15) is 5.82 Å². The largest absolute Gasteiger partial charge is 0.361 e. The number of halogens is 1. The van der Waals surface area contributed by atoms with Gasteiger partial charge in [-0.05, 0) is 49.0 Å². The van der Waals surface area contributed by atoms with Crippen molar-refractivity contribution in [1.29, 1.82) is 0 Å². The van der Waals surface area contributed by atoms with E-state index in [0.717, 1.165) is 23.2 Å². The van der Waals surface area contributed by atoms with Gasteiger partial charge in [-0.1, -0.05) is 24.3 Å². The van der Waals surface area contributed by atoms with Gasteiger partial charge in [-0.25, -0.2) is 4.39 Å². The van der Waals surface area contributed by atoms with Gasteiger partial charge in [-0.15, -0.1) is 0 Å². The molecule has 0 aliphatic carbocycles. The van der Waals surface area contributed by atoms with Crippen LogP contribution in [0.1, 0.15) is 5.56 Å². The summed E-state index contributed by atoms with van der Waals surface area (Å²) < 4.78 is 13.3. The zero-order valence-corrected chi connectivity index (χ0v) is 11.7. The van der Waals surface area contributed by atoms with Crippen LogP contribution >= 0.6 is 0 Å². The van der Waals surface area contributed by atoms with Crippen molar-refractivity contribution >= 4 is 10.9 Å². The molecule has 102 valence electrons. The number of aromatic nitrogens is 1. The van der Waals surface area contributed by atoms with Crippen molar-refractivity contribution in [3.63, 3.8) is 0 Å². The van der Waals surface area contributed by atoms with Gasteiger partial charge in [0.2, 0.25) is 0 Å². The lowest BCUT2D eigenvalue weighted by Gasteiger charge is -2.08. The molecule has 0 amide bonds. The second-order valence-electron chi connectivity index (χ2n) is 5.32. The van der Waals surface area contributed by atoms with Crippen LogP contribution in [-0.4, -0.2) is 24.0 Å². The van der Waals surface area contributed by atoms with E-state index in [1.807, 2.05) is 18.3 Å². The number of nitrogens with zero attached hydrogens (tertiary/aromatic N) is 1. The first-order valence-corrected chi connectivity index (χ1v) is 6.64. The summed E-state index contributed by atoms with van der Waals surface area (Å²) in [6, 6.07) is 12.9. The Balaban J connectivity index is 2.04. The molecule has 1 aromatic heterocycles. The predicted molar refractivity (Wildman–Crippen MR) is 81.1 cm³/mol. The summed E-state index contributed by atoms with van der Waals surface area (Å²) in [4.78, 5) is 5.44. The molecule has 3 heteroatoms. The maximum absolute atomic E-state index is 13.3. The molecule has 3 aromatic rings. The molecule has 0 fully saturated rings. The molecule has 2 aromatic carbocycles. The third-order valence-electron chi connectivity index (χ3n) is 3.41. The average molecular weight is 268 g/mol. The van der Waals surface area contributed by atoms with Crippen molar-refractivity contribution in [3.8, 4) is 11.1 Å². The number of benzene rings is 2.